The molecule has 0 amide bonds. The summed E-state index contributed by atoms with van der Waals surface area (Å²) >= 11 is 0. The van der Waals surface area contributed by atoms with E-state index in [0.29, 0.717) is 17.0 Å². The normalized spacial score (nSPS) is 18.5. The Balaban J connectivity index is 2.19. The molecule has 0 aliphatic carbocycles. The van der Waals surface area contributed by atoms with Crippen LogP contribution in [0.15, 0.2) is 52.8 Å². The van der Waals surface area contributed by atoms with E-state index < -0.39 is 23.8 Å². The van der Waals surface area contributed by atoms with E-state index in [4.69, 9.17) is 14.7 Å². The highest BCUT2D eigenvalue weighted by Gasteiger charge is 2.43. The van der Waals surface area contributed by atoms with Crippen LogP contribution < -0.4 is 0 Å². The number of aliphatic imine (C=N–C) groups is 1. The summed E-state index contributed by atoms with van der Waals surface area (Å²) in [5.74, 6) is -2.46. The van der Waals surface area contributed by atoms with E-state index in [1.807, 2.05) is 36.4 Å². The highest BCUT2D eigenvalue weighted by Crippen LogP contribution is 2.42. The lowest BCUT2D eigenvalue weighted by molar-refractivity contribution is -0.150. The number of hydrogen-bond acceptors (Lipinski definition) is 7. The van der Waals surface area contributed by atoms with Crippen molar-refractivity contribution in [3.63, 3.8) is 0 Å². The molecule has 1 aliphatic heterocycles. The van der Waals surface area contributed by atoms with Gasteiger partial charge in [0.1, 0.15) is 12.5 Å². The third-order valence-corrected chi connectivity index (χ3v) is 5.12. The summed E-state index contributed by atoms with van der Waals surface area (Å²) in [7, 11) is 0. The summed E-state index contributed by atoms with van der Waals surface area (Å²) < 4.78 is 10.9. The van der Waals surface area contributed by atoms with Crippen molar-refractivity contribution in [1.82, 2.24) is 4.98 Å². The lowest BCUT2D eigenvalue weighted by Crippen LogP contribution is -2.37. The van der Waals surface area contributed by atoms with Crippen LogP contribution in [0.25, 0.3) is 10.9 Å². The molecule has 7 heteroatoms. The standard InChI is InChI=1S/C24H25N3O4/c1-14(2)31-24(29)21-16(4)27-15(3)20(23(28)30-13-7-11-25)22(21)18-10-12-26-19-9-6-5-8-17(18)19/h5-6,8-10,12,14,21-22H,7,13H2,1-4H3. The van der Waals surface area contributed by atoms with Gasteiger partial charge in [-0.25, -0.2) is 4.79 Å². The van der Waals surface area contributed by atoms with Crippen molar-refractivity contribution in [2.75, 3.05) is 6.61 Å². The van der Waals surface area contributed by atoms with E-state index >= 15 is 0 Å². The first-order chi connectivity index (χ1) is 14.8. The van der Waals surface area contributed by atoms with Gasteiger partial charge in [-0.3, -0.25) is 14.8 Å². The highest BCUT2D eigenvalue weighted by atomic mass is 16.5. The number of para-hydroxylation sites is 1. The molecular weight excluding hydrogens is 394 g/mol. The molecule has 31 heavy (non-hydrogen) atoms. The molecule has 0 fully saturated rings. The monoisotopic (exact) mass is 419 g/mol. The molecule has 0 radical (unpaired) electrons. The van der Waals surface area contributed by atoms with Gasteiger partial charge in [0.2, 0.25) is 0 Å². The first-order valence-corrected chi connectivity index (χ1v) is 10.2. The molecule has 7 nitrogen and oxygen atoms in total. The summed E-state index contributed by atoms with van der Waals surface area (Å²) in [6.45, 7) is 7.03. The first kappa shape index (κ1) is 22.2. The topological polar surface area (TPSA) is 102 Å². The van der Waals surface area contributed by atoms with Crippen LogP contribution in [0.5, 0.6) is 0 Å². The molecule has 0 bridgehead atoms. The Morgan fingerprint density at radius 1 is 1.19 bits per heavy atom. The maximum atomic E-state index is 13.1. The molecule has 160 valence electrons. The number of benzene rings is 1. The molecule has 3 rings (SSSR count). The van der Waals surface area contributed by atoms with Crippen LogP contribution in [0.4, 0.5) is 0 Å². The zero-order chi connectivity index (χ0) is 22.5. The summed E-state index contributed by atoms with van der Waals surface area (Å²) in [6, 6.07) is 11.3. The van der Waals surface area contributed by atoms with Gasteiger partial charge in [0.05, 0.1) is 29.7 Å². The minimum atomic E-state index is -0.782. The number of carbonyl (C=O) groups is 2. The Bertz CT molecular complexity index is 1110. The van der Waals surface area contributed by atoms with Crippen molar-refractivity contribution in [1.29, 1.82) is 5.26 Å². The number of hydrogen-bond donors (Lipinski definition) is 0. The highest BCUT2D eigenvalue weighted by molar-refractivity contribution is 6.07. The van der Waals surface area contributed by atoms with E-state index in [2.05, 4.69) is 9.98 Å². The fourth-order valence-electron chi connectivity index (χ4n) is 3.91. The van der Waals surface area contributed by atoms with Crippen LogP contribution in [0.2, 0.25) is 0 Å². The van der Waals surface area contributed by atoms with Crippen LogP contribution in [-0.4, -0.2) is 35.3 Å². The quantitative estimate of drug-likeness (QED) is 0.516. The van der Waals surface area contributed by atoms with Crippen molar-refractivity contribution >= 4 is 28.6 Å². The lowest BCUT2D eigenvalue weighted by atomic mass is 9.74. The van der Waals surface area contributed by atoms with Crippen LogP contribution in [0, 0.1) is 17.2 Å². The number of allylic oxidation sites excluding steroid dienone is 1. The van der Waals surface area contributed by atoms with E-state index in [0.717, 1.165) is 16.5 Å². The molecule has 2 heterocycles. The predicted octanol–water partition coefficient (Wildman–Crippen LogP) is 4.09. The van der Waals surface area contributed by atoms with Crippen molar-refractivity contribution in [2.24, 2.45) is 10.9 Å². The Morgan fingerprint density at radius 2 is 1.94 bits per heavy atom. The second kappa shape index (κ2) is 9.52. The summed E-state index contributed by atoms with van der Waals surface area (Å²) in [5.41, 5.74) is 2.88. The minimum absolute atomic E-state index is 0.0280. The predicted molar refractivity (Wildman–Crippen MR) is 116 cm³/mol. The Kier molecular flexibility index (Phi) is 6.81. The molecule has 1 aromatic carbocycles. The number of nitrogens with zero attached hydrogens (tertiary/aromatic N) is 3. The van der Waals surface area contributed by atoms with E-state index in [1.54, 1.807) is 33.9 Å². The number of ether oxygens (including phenoxy) is 2. The van der Waals surface area contributed by atoms with Crippen LogP contribution in [0.3, 0.4) is 0 Å². The van der Waals surface area contributed by atoms with E-state index in [-0.39, 0.29) is 19.1 Å². The number of carbonyl (C=O) groups excluding carboxylic acids is 2. The Hall–Kier alpha value is -3.53. The summed E-state index contributed by atoms with van der Waals surface area (Å²) in [4.78, 5) is 35.1. The molecule has 2 unspecified atom stereocenters. The van der Waals surface area contributed by atoms with Crippen LogP contribution >= 0.6 is 0 Å². The van der Waals surface area contributed by atoms with Crippen LogP contribution in [0.1, 0.15) is 45.6 Å². The molecule has 0 saturated carbocycles. The fourth-order valence-corrected chi connectivity index (χ4v) is 3.91. The average molecular weight is 419 g/mol. The minimum Gasteiger partial charge on any atom is -0.462 e. The molecule has 0 saturated heterocycles. The SMILES string of the molecule is CC1=NC(C)=C(C(=O)OCCC#N)C(c2ccnc3ccccc23)C1C(=O)OC(C)C. The maximum Gasteiger partial charge on any atom is 0.336 e. The summed E-state index contributed by atoms with van der Waals surface area (Å²) in [5, 5.41) is 9.62. The van der Waals surface area contributed by atoms with Crippen LogP contribution in [-0.2, 0) is 19.1 Å². The molecular formula is C24H25N3O4. The van der Waals surface area contributed by atoms with Gasteiger partial charge in [-0.05, 0) is 45.4 Å². The van der Waals surface area contributed by atoms with E-state index in [9.17, 15) is 9.59 Å². The number of fused-ring (bicyclic) bond motifs is 1. The smallest absolute Gasteiger partial charge is 0.336 e. The molecule has 1 aromatic heterocycles. The zero-order valence-corrected chi connectivity index (χ0v) is 18.1. The van der Waals surface area contributed by atoms with Gasteiger partial charge in [-0.1, -0.05) is 18.2 Å². The van der Waals surface area contributed by atoms with Crippen molar-refractivity contribution in [3.05, 3.63) is 53.4 Å². The third kappa shape index (κ3) is 4.64. The average Bonchev–Trinajstić information content (AvgIpc) is 2.72. The number of rotatable bonds is 6. The molecule has 2 aromatic rings. The maximum absolute atomic E-state index is 13.1. The van der Waals surface area contributed by atoms with Crippen molar-refractivity contribution in [3.8, 4) is 6.07 Å². The second-order valence-electron chi connectivity index (χ2n) is 7.65. The first-order valence-electron chi connectivity index (χ1n) is 10.2. The Morgan fingerprint density at radius 3 is 2.65 bits per heavy atom. The summed E-state index contributed by atoms with van der Waals surface area (Å²) in [6.07, 6.45) is 1.44. The molecule has 2 atom stereocenters. The fraction of sp³-hybridized carbons (Fsp3) is 0.375. The van der Waals surface area contributed by atoms with Gasteiger partial charge in [-0.15, -0.1) is 0 Å². The second-order valence-corrected chi connectivity index (χ2v) is 7.65. The number of pyridine rings is 1. The third-order valence-electron chi connectivity index (χ3n) is 5.12. The Labute approximate surface area is 181 Å². The lowest BCUT2D eigenvalue weighted by Gasteiger charge is -2.32. The molecule has 1 aliphatic rings. The number of esters is 2. The van der Waals surface area contributed by atoms with Gasteiger partial charge >= 0.3 is 11.9 Å². The molecule has 0 N–H and O–H groups in total. The van der Waals surface area contributed by atoms with Gasteiger partial charge in [-0.2, -0.15) is 5.26 Å². The van der Waals surface area contributed by atoms with E-state index in [1.165, 1.54) is 0 Å². The number of aromatic nitrogens is 1. The van der Waals surface area contributed by atoms with Crippen molar-refractivity contribution in [2.45, 2.75) is 46.1 Å². The van der Waals surface area contributed by atoms with Gasteiger partial charge in [0, 0.05) is 28.9 Å². The van der Waals surface area contributed by atoms with Gasteiger partial charge < -0.3 is 9.47 Å². The van der Waals surface area contributed by atoms with Gasteiger partial charge in [0.25, 0.3) is 0 Å². The largest absolute Gasteiger partial charge is 0.462 e. The zero-order valence-electron chi connectivity index (χ0n) is 18.1. The number of nitriles is 1. The van der Waals surface area contributed by atoms with Crippen molar-refractivity contribution < 1.29 is 19.1 Å². The molecule has 0 spiro atoms. The van der Waals surface area contributed by atoms with Gasteiger partial charge in [0.15, 0.2) is 0 Å².